The van der Waals surface area contributed by atoms with E-state index < -0.39 is 22.3 Å². The van der Waals surface area contributed by atoms with E-state index in [0.717, 1.165) is 16.8 Å². The molecule has 2 heterocycles. The summed E-state index contributed by atoms with van der Waals surface area (Å²) in [5.41, 5.74) is 1.55. The number of aryl methyl sites for hydroxylation is 1. The molecule has 8 heteroatoms. The molecule has 32 heavy (non-hydrogen) atoms. The summed E-state index contributed by atoms with van der Waals surface area (Å²) in [4.78, 5) is 4.73. The quantitative estimate of drug-likeness (QED) is 0.592. The second-order valence-corrected chi connectivity index (χ2v) is 10.5. The SMILES string of the molecule is Cc1ccc(S(=O)(=O)N2CCC(c3ncoc3-c3ccc(C(C)(O)CF)cc3)CC2)cc1. The van der Waals surface area contributed by atoms with E-state index in [0.29, 0.717) is 42.2 Å². The van der Waals surface area contributed by atoms with Crippen LogP contribution >= 0.6 is 0 Å². The topological polar surface area (TPSA) is 83.6 Å². The fourth-order valence-corrected chi connectivity index (χ4v) is 5.52. The lowest BCUT2D eigenvalue weighted by atomic mass is 9.91. The Balaban J connectivity index is 1.49. The second-order valence-electron chi connectivity index (χ2n) is 8.54. The van der Waals surface area contributed by atoms with Crippen molar-refractivity contribution < 1.29 is 22.3 Å². The first kappa shape index (κ1) is 22.6. The number of piperidine rings is 1. The summed E-state index contributed by atoms with van der Waals surface area (Å²) in [7, 11) is -3.52. The van der Waals surface area contributed by atoms with Crippen LogP contribution in [0.1, 0.15) is 42.5 Å². The molecule has 0 spiro atoms. The second kappa shape index (κ2) is 8.77. The molecule has 3 aromatic rings. The highest BCUT2D eigenvalue weighted by molar-refractivity contribution is 7.89. The average Bonchev–Trinajstić information content (AvgIpc) is 3.29. The summed E-state index contributed by atoms with van der Waals surface area (Å²) in [5.74, 6) is 0.693. The van der Waals surface area contributed by atoms with Gasteiger partial charge in [0.15, 0.2) is 12.2 Å². The Morgan fingerprint density at radius 1 is 1.12 bits per heavy atom. The van der Waals surface area contributed by atoms with Gasteiger partial charge in [0.25, 0.3) is 0 Å². The maximum Gasteiger partial charge on any atom is 0.243 e. The van der Waals surface area contributed by atoms with Crippen molar-refractivity contribution in [2.45, 2.75) is 43.1 Å². The number of oxazole rings is 1. The van der Waals surface area contributed by atoms with Crippen molar-refractivity contribution in [1.29, 1.82) is 0 Å². The molecule has 2 aromatic carbocycles. The number of aliphatic hydroxyl groups is 1. The van der Waals surface area contributed by atoms with Gasteiger partial charge in [-0.15, -0.1) is 0 Å². The molecule has 0 amide bonds. The number of halogens is 1. The van der Waals surface area contributed by atoms with Crippen molar-refractivity contribution in [2.24, 2.45) is 0 Å². The maximum atomic E-state index is 13.1. The van der Waals surface area contributed by atoms with Gasteiger partial charge in [0.05, 0.1) is 10.6 Å². The normalized spacial score (nSPS) is 17.9. The molecule has 1 unspecified atom stereocenters. The minimum absolute atomic E-state index is 0.0712. The summed E-state index contributed by atoms with van der Waals surface area (Å²) in [5, 5.41) is 10.1. The van der Waals surface area contributed by atoms with Crippen LogP contribution in [0, 0.1) is 6.92 Å². The molecule has 0 radical (unpaired) electrons. The third-order valence-corrected chi connectivity index (χ3v) is 8.04. The molecule has 1 fully saturated rings. The number of hydrogen-bond donors (Lipinski definition) is 1. The van der Waals surface area contributed by atoms with E-state index >= 15 is 0 Å². The molecule has 1 saturated heterocycles. The lowest BCUT2D eigenvalue weighted by Crippen LogP contribution is -2.38. The van der Waals surface area contributed by atoms with E-state index in [9.17, 15) is 17.9 Å². The van der Waals surface area contributed by atoms with Gasteiger partial charge in [0.1, 0.15) is 12.3 Å². The smallest absolute Gasteiger partial charge is 0.243 e. The Hall–Kier alpha value is -2.55. The van der Waals surface area contributed by atoms with E-state index in [2.05, 4.69) is 4.98 Å². The Morgan fingerprint density at radius 2 is 1.75 bits per heavy atom. The molecular formula is C24H27FN2O4S. The van der Waals surface area contributed by atoms with E-state index in [-0.39, 0.29) is 5.92 Å². The minimum atomic E-state index is -3.52. The number of benzene rings is 2. The van der Waals surface area contributed by atoms with Gasteiger partial charge >= 0.3 is 0 Å². The molecular weight excluding hydrogens is 431 g/mol. The highest BCUT2D eigenvalue weighted by Gasteiger charge is 2.32. The van der Waals surface area contributed by atoms with Crippen LogP contribution < -0.4 is 0 Å². The van der Waals surface area contributed by atoms with Gasteiger partial charge in [0.2, 0.25) is 10.0 Å². The van der Waals surface area contributed by atoms with E-state index in [4.69, 9.17) is 4.42 Å². The lowest BCUT2D eigenvalue weighted by molar-refractivity contribution is 0.0300. The largest absolute Gasteiger partial charge is 0.443 e. The summed E-state index contributed by atoms with van der Waals surface area (Å²) in [6.45, 7) is 3.30. The first-order valence-electron chi connectivity index (χ1n) is 10.6. The van der Waals surface area contributed by atoms with Crippen molar-refractivity contribution in [1.82, 2.24) is 9.29 Å². The van der Waals surface area contributed by atoms with Gasteiger partial charge < -0.3 is 9.52 Å². The van der Waals surface area contributed by atoms with E-state index in [1.54, 1.807) is 48.5 Å². The Bertz CT molecular complexity index is 1160. The molecule has 0 aliphatic carbocycles. The molecule has 4 rings (SSSR count). The zero-order valence-electron chi connectivity index (χ0n) is 18.2. The summed E-state index contributed by atoms with van der Waals surface area (Å²) < 4.78 is 46.2. The number of rotatable bonds is 6. The van der Waals surface area contributed by atoms with Crippen LogP contribution in [0.2, 0.25) is 0 Å². The lowest BCUT2D eigenvalue weighted by Gasteiger charge is -2.30. The fraction of sp³-hybridized carbons (Fsp3) is 0.375. The van der Waals surface area contributed by atoms with Crippen LogP contribution in [0.15, 0.2) is 64.2 Å². The highest BCUT2D eigenvalue weighted by Crippen LogP contribution is 2.36. The fourth-order valence-electron chi connectivity index (χ4n) is 4.05. The zero-order chi connectivity index (χ0) is 22.9. The van der Waals surface area contributed by atoms with Gasteiger partial charge in [0, 0.05) is 24.6 Å². The third kappa shape index (κ3) is 4.35. The van der Waals surface area contributed by atoms with Crippen LogP contribution in [-0.4, -0.2) is 42.6 Å². The van der Waals surface area contributed by atoms with E-state index in [1.165, 1.54) is 17.6 Å². The number of sulfonamides is 1. The Labute approximate surface area is 187 Å². The molecule has 1 N–H and O–H groups in total. The number of aromatic nitrogens is 1. The molecule has 6 nitrogen and oxygen atoms in total. The molecule has 0 saturated carbocycles. The third-order valence-electron chi connectivity index (χ3n) is 6.12. The van der Waals surface area contributed by atoms with Crippen LogP contribution in [-0.2, 0) is 15.6 Å². The van der Waals surface area contributed by atoms with Crippen LogP contribution in [0.5, 0.6) is 0 Å². The standard InChI is InChI=1S/C24H27FN2O4S/c1-17-3-9-21(10-4-17)32(29,30)27-13-11-18(12-14-27)22-23(31-16-26-22)19-5-7-20(8-6-19)24(2,28)15-25/h3-10,16,18,28H,11-15H2,1-2H3. The maximum absolute atomic E-state index is 13.1. The number of nitrogens with zero attached hydrogens (tertiary/aromatic N) is 2. The summed E-state index contributed by atoms with van der Waals surface area (Å²) in [6.07, 6.45) is 2.67. The first-order valence-corrected chi connectivity index (χ1v) is 12.1. The summed E-state index contributed by atoms with van der Waals surface area (Å²) in [6, 6.07) is 13.8. The van der Waals surface area contributed by atoms with Crippen molar-refractivity contribution in [3.05, 3.63) is 71.7 Å². The van der Waals surface area contributed by atoms with Gasteiger partial charge in [-0.3, -0.25) is 0 Å². The minimum Gasteiger partial charge on any atom is -0.443 e. The number of hydrogen-bond acceptors (Lipinski definition) is 5. The molecule has 1 aromatic heterocycles. The molecule has 1 aliphatic rings. The molecule has 170 valence electrons. The Kier molecular flexibility index (Phi) is 6.20. The van der Waals surface area contributed by atoms with Crippen molar-refractivity contribution in [2.75, 3.05) is 19.8 Å². The van der Waals surface area contributed by atoms with Gasteiger partial charge in [-0.25, -0.2) is 17.8 Å². The van der Waals surface area contributed by atoms with Crippen LogP contribution in [0.25, 0.3) is 11.3 Å². The predicted octanol–water partition coefficient (Wildman–Crippen LogP) is 4.40. The molecule has 1 aliphatic heterocycles. The average molecular weight is 459 g/mol. The van der Waals surface area contributed by atoms with Crippen molar-refractivity contribution >= 4 is 10.0 Å². The summed E-state index contributed by atoms with van der Waals surface area (Å²) >= 11 is 0. The zero-order valence-corrected chi connectivity index (χ0v) is 19.0. The first-order chi connectivity index (χ1) is 15.2. The van der Waals surface area contributed by atoms with Crippen molar-refractivity contribution in [3.63, 3.8) is 0 Å². The monoisotopic (exact) mass is 458 g/mol. The molecule has 0 bridgehead atoms. The van der Waals surface area contributed by atoms with Crippen LogP contribution in [0.4, 0.5) is 4.39 Å². The van der Waals surface area contributed by atoms with Gasteiger partial charge in [-0.1, -0.05) is 42.0 Å². The van der Waals surface area contributed by atoms with Gasteiger partial charge in [-0.2, -0.15) is 4.31 Å². The number of alkyl halides is 1. The van der Waals surface area contributed by atoms with Gasteiger partial charge in [-0.05, 0) is 44.4 Å². The highest BCUT2D eigenvalue weighted by atomic mass is 32.2. The van der Waals surface area contributed by atoms with Crippen LogP contribution in [0.3, 0.4) is 0 Å². The van der Waals surface area contributed by atoms with E-state index in [1.807, 2.05) is 6.92 Å². The Morgan fingerprint density at radius 3 is 2.34 bits per heavy atom. The molecule has 1 atom stereocenters. The van der Waals surface area contributed by atoms with Crippen molar-refractivity contribution in [3.8, 4) is 11.3 Å². The predicted molar refractivity (Wildman–Crippen MR) is 119 cm³/mol.